The lowest BCUT2D eigenvalue weighted by Gasteiger charge is -2.19. The SMILES string of the molecule is CC(C)(C)c1ccc(SCc2ccc(Br)cc2Cl)cc1. The normalized spacial score (nSPS) is 11.7. The highest BCUT2D eigenvalue weighted by Gasteiger charge is 2.12. The molecule has 2 aromatic rings. The van der Waals surface area contributed by atoms with E-state index in [1.807, 2.05) is 23.9 Å². The average Bonchev–Trinajstić information content (AvgIpc) is 2.37. The van der Waals surface area contributed by atoms with E-state index in [1.54, 1.807) is 0 Å². The standard InChI is InChI=1S/C17H18BrClS/c1-17(2,3)13-5-8-15(9-6-13)20-11-12-4-7-14(18)10-16(12)19/h4-10H,11H2,1-3H3. The van der Waals surface area contributed by atoms with E-state index >= 15 is 0 Å². The second-order valence-corrected chi connectivity index (χ2v) is 8.17. The second-order valence-electron chi connectivity index (χ2n) is 5.80. The molecule has 0 atom stereocenters. The van der Waals surface area contributed by atoms with Crippen molar-refractivity contribution in [2.24, 2.45) is 0 Å². The number of hydrogen-bond acceptors (Lipinski definition) is 1. The Morgan fingerprint density at radius 2 is 1.70 bits per heavy atom. The van der Waals surface area contributed by atoms with Gasteiger partial charge in [0.2, 0.25) is 0 Å². The quantitative estimate of drug-likeness (QED) is 0.543. The summed E-state index contributed by atoms with van der Waals surface area (Å²) in [7, 11) is 0. The molecule has 0 aliphatic carbocycles. The van der Waals surface area contributed by atoms with Gasteiger partial charge in [-0.05, 0) is 40.8 Å². The zero-order valence-corrected chi connectivity index (χ0v) is 15.1. The lowest BCUT2D eigenvalue weighted by molar-refractivity contribution is 0.590. The lowest BCUT2D eigenvalue weighted by Crippen LogP contribution is -2.10. The van der Waals surface area contributed by atoms with Gasteiger partial charge in [0.1, 0.15) is 0 Å². The van der Waals surface area contributed by atoms with Crippen molar-refractivity contribution in [2.45, 2.75) is 36.8 Å². The van der Waals surface area contributed by atoms with Crippen LogP contribution in [0.3, 0.4) is 0 Å². The molecular formula is C17H18BrClS. The first-order valence-electron chi connectivity index (χ1n) is 6.53. The number of rotatable bonds is 3. The molecule has 0 saturated heterocycles. The van der Waals surface area contributed by atoms with E-state index in [1.165, 1.54) is 16.0 Å². The molecule has 20 heavy (non-hydrogen) atoms. The maximum Gasteiger partial charge on any atom is 0.0457 e. The predicted octanol–water partition coefficient (Wildman–Crippen LogP) is 6.69. The van der Waals surface area contributed by atoms with Crippen molar-refractivity contribution in [1.82, 2.24) is 0 Å². The van der Waals surface area contributed by atoms with Gasteiger partial charge in [-0.2, -0.15) is 0 Å². The zero-order chi connectivity index (χ0) is 14.8. The topological polar surface area (TPSA) is 0 Å². The first-order chi connectivity index (χ1) is 9.36. The van der Waals surface area contributed by atoms with Crippen LogP contribution in [0.4, 0.5) is 0 Å². The monoisotopic (exact) mass is 368 g/mol. The molecule has 0 radical (unpaired) electrons. The fraction of sp³-hybridized carbons (Fsp3) is 0.294. The van der Waals surface area contributed by atoms with Crippen molar-refractivity contribution in [2.75, 3.05) is 0 Å². The first-order valence-corrected chi connectivity index (χ1v) is 8.69. The molecule has 0 bridgehead atoms. The van der Waals surface area contributed by atoms with E-state index in [0.717, 1.165) is 15.2 Å². The molecule has 0 aromatic heterocycles. The number of hydrogen-bond donors (Lipinski definition) is 0. The molecule has 0 N–H and O–H groups in total. The Bertz CT molecular complexity index is 585. The van der Waals surface area contributed by atoms with E-state index in [4.69, 9.17) is 11.6 Å². The van der Waals surface area contributed by atoms with Gasteiger partial charge in [-0.15, -0.1) is 11.8 Å². The molecular weight excluding hydrogens is 352 g/mol. The minimum atomic E-state index is 0.207. The van der Waals surface area contributed by atoms with Gasteiger partial charge >= 0.3 is 0 Å². The van der Waals surface area contributed by atoms with Gasteiger partial charge in [-0.25, -0.2) is 0 Å². The van der Waals surface area contributed by atoms with Crippen LogP contribution >= 0.6 is 39.3 Å². The highest BCUT2D eigenvalue weighted by Crippen LogP contribution is 2.30. The Labute approximate surface area is 139 Å². The van der Waals surface area contributed by atoms with Crippen LogP contribution in [-0.4, -0.2) is 0 Å². The summed E-state index contributed by atoms with van der Waals surface area (Å²) in [5, 5.41) is 0.818. The summed E-state index contributed by atoms with van der Waals surface area (Å²) < 4.78 is 1.02. The van der Waals surface area contributed by atoms with Crippen LogP contribution in [0.25, 0.3) is 0 Å². The molecule has 0 aliphatic heterocycles. The Hall–Kier alpha value is -0.440. The van der Waals surface area contributed by atoms with Gasteiger partial charge in [0.05, 0.1) is 0 Å². The summed E-state index contributed by atoms with van der Waals surface area (Å²) in [6, 6.07) is 14.9. The third-order valence-electron chi connectivity index (χ3n) is 3.13. The highest BCUT2D eigenvalue weighted by molar-refractivity contribution is 9.10. The maximum absolute atomic E-state index is 6.24. The minimum Gasteiger partial charge on any atom is -0.121 e. The van der Waals surface area contributed by atoms with Gasteiger partial charge in [-0.1, -0.05) is 66.5 Å². The molecule has 0 fully saturated rings. The summed E-state index contributed by atoms with van der Waals surface area (Å²) in [4.78, 5) is 1.27. The van der Waals surface area contributed by atoms with Crippen LogP contribution in [0.2, 0.25) is 5.02 Å². The Morgan fingerprint density at radius 1 is 1.05 bits per heavy atom. The van der Waals surface area contributed by atoms with Gasteiger partial charge in [0.25, 0.3) is 0 Å². The molecule has 0 saturated carbocycles. The van der Waals surface area contributed by atoms with Crippen LogP contribution in [0.5, 0.6) is 0 Å². The van der Waals surface area contributed by atoms with Crippen molar-refractivity contribution >= 4 is 39.3 Å². The fourth-order valence-electron chi connectivity index (χ4n) is 1.85. The maximum atomic E-state index is 6.24. The third kappa shape index (κ3) is 4.28. The Balaban J connectivity index is 2.04. The van der Waals surface area contributed by atoms with Gasteiger partial charge in [0.15, 0.2) is 0 Å². The Morgan fingerprint density at radius 3 is 2.25 bits per heavy atom. The molecule has 0 amide bonds. The summed E-state index contributed by atoms with van der Waals surface area (Å²) in [6.07, 6.45) is 0. The molecule has 0 aliphatic rings. The van der Waals surface area contributed by atoms with Crippen molar-refractivity contribution in [3.63, 3.8) is 0 Å². The molecule has 2 rings (SSSR count). The average molecular weight is 370 g/mol. The predicted molar refractivity (Wildman–Crippen MR) is 93.9 cm³/mol. The Kier molecular flexibility index (Phi) is 5.22. The molecule has 0 nitrogen and oxygen atoms in total. The van der Waals surface area contributed by atoms with Crippen molar-refractivity contribution in [3.8, 4) is 0 Å². The van der Waals surface area contributed by atoms with Crippen LogP contribution in [0.1, 0.15) is 31.9 Å². The first kappa shape index (κ1) is 15.9. The molecule has 0 spiro atoms. The van der Waals surface area contributed by atoms with E-state index in [9.17, 15) is 0 Å². The van der Waals surface area contributed by atoms with Crippen molar-refractivity contribution in [3.05, 3.63) is 63.1 Å². The van der Waals surface area contributed by atoms with Crippen LogP contribution in [-0.2, 0) is 11.2 Å². The minimum absolute atomic E-state index is 0.207. The zero-order valence-electron chi connectivity index (χ0n) is 11.9. The summed E-state index contributed by atoms with van der Waals surface area (Å²) in [5.41, 5.74) is 2.74. The summed E-state index contributed by atoms with van der Waals surface area (Å²) in [6.45, 7) is 6.70. The number of benzene rings is 2. The number of thioether (sulfide) groups is 1. The van der Waals surface area contributed by atoms with Gasteiger partial charge in [0, 0.05) is 20.1 Å². The third-order valence-corrected chi connectivity index (χ3v) is 5.04. The van der Waals surface area contributed by atoms with Crippen molar-refractivity contribution in [1.29, 1.82) is 0 Å². The largest absolute Gasteiger partial charge is 0.121 e. The molecule has 0 heterocycles. The smallest absolute Gasteiger partial charge is 0.0457 e. The summed E-state index contributed by atoms with van der Waals surface area (Å²) >= 11 is 11.5. The van der Waals surface area contributed by atoms with E-state index in [2.05, 4.69) is 67.0 Å². The number of halogens is 2. The molecule has 2 aromatic carbocycles. The second kappa shape index (κ2) is 6.55. The van der Waals surface area contributed by atoms with E-state index < -0.39 is 0 Å². The van der Waals surface area contributed by atoms with E-state index in [-0.39, 0.29) is 5.41 Å². The van der Waals surface area contributed by atoms with Crippen LogP contribution in [0.15, 0.2) is 51.8 Å². The van der Waals surface area contributed by atoms with Gasteiger partial charge < -0.3 is 0 Å². The fourth-order valence-corrected chi connectivity index (χ4v) is 3.57. The molecule has 106 valence electrons. The summed E-state index contributed by atoms with van der Waals surface area (Å²) in [5.74, 6) is 0.890. The van der Waals surface area contributed by atoms with Gasteiger partial charge in [-0.3, -0.25) is 0 Å². The molecule has 3 heteroatoms. The van der Waals surface area contributed by atoms with Crippen LogP contribution in [0, 0.1) is 0 Å². The van der Waals surface area contributed by atoms with Crippen molar-refractivity contribution < 1.29 is 0 Å². The highest BCUT2D eigenvalue weighted by atomic mass is 79.9. The van der Waals surface area contributed by atoms with E-state index in [0.29, 0.717) is 0 Å². The molecule has 0 unspecified atom stereocenters. The van der Waals surface area contributed by atoms with Crippen LogP contribution < -0.4 is 0 Å². The lowest BCUT2D eigenvalue weighted by atomic mass is 9.87.